The highest BCUT2D eigenvalue weighted by Gasteiger charge is 2.36. The summed E-state index contributed by atoms with van der Waals surface area (Å²) in [4.78, 5) is 24.2. The minimum atomic E-state index is -1.43. The molecule has 0 saturated heterocycles. The number of fused-ring (bicyclic) bond motifs is 2. The lowest BCUT2D eigenvalue weighted by Gasteiger charge is -2.34. The zero-order valence-electron chi connectivity index (χ0n) is 21.5. The standard InChI is InChI=1S/C27H38N2O7/c1-16-7-6-8-24(35-5)27(4,34)15-23(36-26(28)33)18(3)10-17(2)22(31)14-25(32)29-20-11-19(9-16)12-21(30)13-20/h6-8,10-13,18,22-24,30-31,34H,9,14-15H2,1-5H3,(H2,28,33)(H,29,32)/b8-6+,16-7+,17-10+/t18-,22-,23-,24+,27-/m0/s1. The molecule has 36 heavy (non-hydrogen) atoms. The van der Waals surface area contributed by atoms with Crippen molar-refractivity contribution in [2.24, 2.45) is 11.7 Å². The quantitative estimate of drug-likeness (QED) is 0.389. The number of hydrogen-bond acceptors (Lipinski definition) is 7. The number of nitrogens with one attached hydrogen (secondary N) is 1. The number of ether oxygens (including phenoxy) is 2. The van der Waals surface area contributed by atoms with Gasteiger partial charge in [-0.05, 0) is 50.5 Å². The minimum absolute atomic E-state index is 0.00806. The van der Waals surface area contributed by atoms with Gasteiger partial charge in [0.1, 0.15) is 18.0 Å². The van der Waals surface area contributed by atoms with Crippen LogP contribution in [0.15, 0.2) is 53.6 Å². The Kier molecular flexibility index (Phi) is 10.3. The van der Waals surface area contributed by atoms with Crippen LogP contribution in [0.1, 0.15) is 46.1 Å². The number of phenols is 1. The Morgan fingerprint density at radius 1 is 1.25 bits per heavy atom. The van der Waals surface area contributed by atoms with Crippen molar-refractivity contribution in [3.05, 3.63) is 59.2 Å². The largest absolute Gasteiger partial charge is 0.508 e. The molecule has 2 rings (SSSR count). The topological polar surface area (TPSA) is 151 Å². The summed E-state index contributed by atoms with van der Waals surface area (Å²) in [6.07, 6.45) is 3.71. The van der Waals surface area contributed by atoms with E-state index in [0.717, 1.165) is 11.1 Å². The summed E-state index contributed by atoms with van der Waals surface area (Å²) < 4.78 is 10.8. The monoisotopic (exact) mass is 502 g/mol. The van der Waals surface area contributed by atoms with Crippen LogP contribution in [0.25, 0.3) is 0 Å². The Hall–Kier alpha value is -3.14. The smallest absolute Gasteiger partial charge is 0.404 e. The third-order valence-corrected chi connectivity index (χ3v) is 6.18. The molecule has 0 aliphatic carbocycles. The average molecular weight is 503 g/mol. The van der Waals surface area contributed by atoms with Gasteiger partial charge in [-0.2, -0.15) is 0 Å². The van der Waals surface area contributed by atoms with E-state index in [2.05, 4.69) is 5.32 Å². The second kappa shape index (κ2) is 12.7. The normalized spacial score (nSPS) is 32.4. The van der Waals surface area contributed by atoms with E-state index in [9.17, 15) is 24.9 Å². The van der Waals surface area contributed by atoms with E-state index in [1.165, 1.54) is 13.2 Å². The summed E-state index contributed by atoms with van der Waals surface area (Å²) in [5.74, 6) is -0.858. The molecular formula is C27H38N2O7. The third-order valence-electron chi connectivity index (χ3n) is 6.18. The molecule has 9 heteroatoms. The van der Waals surface area contributed by atoms with Gasteiger partial charge in [-0.15, -0.1) is 0 Å². The second-order valence-corrected chi connectivity index (χ2v) is 9.69. The van der Waals surface area contributed by atoms with Crippen LogP contribution in [-0.4, -0.2) is 58.3 Å². The number of aliphatic hydroxyl groups excluding tert-OH is 1. The second-order valence-electron chi connectivity index (χ2n) is 9.69. The molecule has 1 aromatic rings. The van der Waals surface area contributed by atoms with Gasteiger partial charge in [0, 0.05) is 31.2 Å². The SMILES string of the molecule is CO[C@@H]1/C=C/C=C(\C)Cc2cc(O)cc(c2)NC(=O)C[C@H](O)/C(C)=C/[C@H](C)[C@@H](OC(N)=O)C[C@]1(C)O. The molecule has 1 aromatic carbocycles. The predicted octanol–water partition coefficient (Wildman–Crippen LogP) is 3.34. The van der Waals surface area contributed by atoms with Crippen molar-refractivity contribution in [3.63, 3.8) is 0 Å². The number of carbonyl (C=O) groups excluding carboxylic acids is 2. The fraction of sp³-hybridized carbons (Fsp3) is 0.481. The maximum absolute atomic E-state index is 12.6. The van der Waals surface area contributed by atoms with Crippen molar-refractivity contribution in [1.29, 1.82) is 0 Å². The van der Waals surface area contributed by atoms with Crippen LogP contribution in [-0.2, 0) is 20.7 Å². The number of amides is 2. The van der Waals surface area contributed by atoms with Crippen LogP contribution in [0.5, 0.6) is 5.75 Å². The Bertz CT molecular complexity index is 1030. The summed E-state index contributed by atoms with van der Waals surface area (Å²) in [6, 6.07) is 4.82. The van der Waals surface area contributed by atoms with Gasteiger partial charge in [0.05, 0.1) is 18.1 Å². The molecular weight excluding hydrogens is 464 g/mol. The number of aliphatic hydroxyl groups is 2. The molecule has 198 valence electrons. The van der Waals surface area contributed by atoms with E-state index in [4.69, 9.17) is 15.2 Å². The number of nitrogens with two attached hydrogens (primary N) is 1. The van der Waals surface area contributed by atoms with E-state index in [1.54, 1.807) is 51.1 Å². The minimum Gasteiger partial charge on any atom is -0.508 e. The van der Waals surface area contributed by atoms with Crippen molar-refractivity contribution >= 4 is 17.7 Å². The van der Waals surface area contributed by atoms with E-state index >= 15 is 0 Å². The van der Waals surface area contributed by atoms with Gasteiger partial charge in [0.25, 0.3) is 0 Å². The lowest BCUT2D eigenvalue weighted by Crippen LogP contribution is -2.45. The van der Waals surface area contributed by atoms with Crippen molar-refractivity contribution in [3.8, 4) is 5.75 Å². The first-order valence-corrected chi connectivity index (χ1v) is 11.8. The third kappa shape index (κ3) is 8.82. The molecule has 0 radical (unpaired) electrons. The first-order chi connectivity index (χ1) is 16.8. The van der Waals surface area contributed by atoms with E-state index in [0.29, 0.717) is 17.7 Å². The highest BCUT2D eigenvalue weighted by molar-refractivity contribution is 5.91. The van der Waals surface area contributed by atoms with E-state index < -0.39 is 41.8 Å². The van der Waals surface area contributed by atoms with Crippen LogP contribution in [0.2, 0.25) is 0 Å². The Labute approximate surface area is 212 Å². The Morgan fingerprint density at radius 2 is 1.94 bits per heavy atom. The summed E-state index contributed by atoms with van der Waals surface area (Å²) in [6.45, 7) is 6.93. The van der Waals surface area contributed by atoms with Gasteiger partial charge < -0.3 is 35.8 Å². The van der Waals surface area contributed by atoms with Crippen LogP contribution >= 0.6 is 0 Å². The molecule has 0 saturated carbocycles. The number of allylic oxidation sites excluding steroid dienone is 3. The molecule has 1 aliphatic heterocycles. The molecule has 0 fully saturated rings. The van der Waals surface area contributed by atoms with Crippen LogP contribution in [0.3, 0.4) is 0 Å². The number of rotatable bonds is 2. The zero-order valence-corrected chi connectivity index (χ0v) is 21.5. The lowest BCUT2D eigenvalue weighted by atomic mass is 9.86. The van der Waals surface area contributed by atoms with Crippen LogP contribution < -0.4 is 11.1 Å². The molecule has 6 N–H and O–H groups in total. The number of carbonyl (C=O) groups is 2. The predicted molar refractivity (Wildman–Crippen MR) is 137 cm³/mol. The fourth-order valence-corrected chi connectivity index (χ4v) is 4.28. The molecule has 1 aliphatic rings. The number of methoxy groups -OCH3 is 1. The van der Waals surface area contributed by atoms with Gasteiger partial charge in [0.15, 0.2) is 0 Å². The van der Waals surface area contributed by atoms with Crippen molar-refractivity contribution < 1.29 is 34.4 Å². The van der Waals surface area contributed by atoms with E-state index in [1.807, 2.05) is 13.0 Å². The Morgan fingerprint density at radius 3 is 2.58 bits per heavy atom. The molecule has 5 atom stereocenters. The first kappa shape index (κ1) is 29.1. The maximum atomic E-state index is 12.6. The molecule has 0 aromatic heterocycles. The highest BCUT2D eigenvalue weighted by atomic mass is 16.6. The number of anilines is 1. The molecule has 0 spiro atoms. The van der Waals surface area contributed by atoms with Gasteiger partial charge in [-0.25, -0.2) is 4.79 Å². The van der Waals surface area contributed by atoms with Crippen molar-refractivity contribution in [2.45, 2.75) is 70.9 Å². The molecule has 0 unspecified atom stereocenters. The first-order valence-electron chi connectivity index (χ1n) is 11.8. The fourth-order valence-electron chi connectivity index (χ4n) is 4.28. The van der Waals surface area contributed by atoms with Crippen LogP contribution in [0.4, 0.5) is 10.5 Å². The highest BCUT2D eigenvalue weighted by Crippen LogP contribution is 2.28. The average Bonchev–Trinajstić information content (AvgIpc) is 2.74. The van der Waals surface area contributed by atoms with Crippen molar-refractivity contribution in [2.75, 3.05) is 12.4 Å². The molecule has 2 bridgehead atoms. The van der Waals surface area contributed by atoms with E-state index in [-0.39, 0.29) is 18.6 Å². The molecule has 2 amide bonds. The number of phenolic OH excluding ortho intramolecular Hbond substituents is 1. The van der Waals surface area contributed by atoms with Gasteiger partial charge in [-0.3, -0.25) is 4.79 Å². The van der Waals surface area contributed by atoms with Gasteiger partial charge >= 0.3 is 6.09 Å². The Balaban J connectivity index is 2.49. The summed E-state index contributed by atoms with van der Waals surface area (Å²) in [5.41, 5.74) is 6.52. The summed E-state index contributed by atoms with van der Waals surface area (Å²) in [5, 5.41) is 34.7. The van der Waals surface area contributed by atoms with Gasteiger partial charge in [0.2, 0.25) is 5.91 Å². The zero-order chi connectivity index (χ0) is 27.0. The van der Waals surface area contributed by atoms with Crippen molar-refractivity contribution in [1.82, 2.24) is 0 Å². The van der Waals surface area contributed by atoms with Crippen LogP contribution in [0, 0.1) is 5.92 Å². The lowest BCUT2D eigenvalue weighted by molar-refractivity contribution is -0.117. The maximum Gasteiger partial charge on any atom is 0.404 e. The van der Waals surface area contributed by atoms with Gasteiger partial charge in [-0.1, -0.05) is 36.8 Å². The number of primary amides is 1. The molecule has 1 heterocycles. The number of hydrogen-bond donors (Lipinski definition) is 5. The summed E-state index contributed by atoms with van der Waals surface area (Å²) in [7, 11) is 1.47. The summed E-state index contributed by atoms with van der Waals surface area (Å²) >= 11 is 0. The number of aromatic hydroxyl groups is 1. The number of benzene rings is 1. The molecule has 9 nitrogen and oxygen atoms in total.